The average molecular weight is 272 g/mol. The van der Waals surface area contributed by atoms with E-state index in [0.29, 0.717) is 6.04 Å². The number of rotatable bonds is 4. The molecule has 1 aliphatic carbocycles. The Hall–Kier alpha value is -0.860. The minimum atomic E-state index is 0.534. The van der Waals surface area contributed by atoms with Gasteiger partial charge in [0.15, 0.2) is 0 Å². The van der Waals surface area contributed by atoms with Crippen LogP contribution in [0.4, 0.5) is 0 Å². The van der Waals surface area contributed by atoms with E-state index >= 15 is 0 Å². The fourth-order valence-electron chi connectivity index (χ4n) is 4.41. The number of fused-ring (bicyclic) bond motifs is 1. The van der Waals surface area contributed by atoms with E-state index in [4.69, 9.17) is 5.73 Å². The quantitative estimate of drug-likeness (QED) is 0.905. The van der Waals surface area contributed by atoms with Crippen molar-refractivity contribution in [2.75, 3.05) is 13.1 Å². The number of nitrogens with two attached hydrogens (primary N) is 1. The fourth-order valence-corrected chi connectivity index (χ4v) is 4.41. The third-order valence-corrected chi connectivity index (χ3v) is 5.31. The van der Waals surface area contributed by atoms with Gasteiger partial charge < -0.3 is 5.73 Å². The highest BCUT2D eigenvalue weighted by molar-refractivity contribution is 5.19. The fraction of sp³-hybridized carbons (Fsp3) is 0.667. The van der Waals surface area contributed by atoms with Crippen LogP contribution in [-0.2, 0) is 0 Å². The highest BCUT2D eigenvalue weighted by Gasteiger charge is 2.36. The summed E-state index contributed by atoms with van der Waals surface area (Å²) in [5.41, 5.74) is 7.38. The van der Waals surface area contributed by atoms with Crippen molar-refractivity contribution < 1.29 is 0 Å². The van der Waals surface area contributed by atoms with Crippen molar-refractivity contribution in [3.63, 3.8) is 0 Å². The Labute approximate surface area is 123 Å². The normalized spacial score (nSPS) is 28.9. The van der Waals surface area contributed by atoms with Gasteiger partial charge in [0.2, 0.25) is 0 Å². The van der Waals surface area contributed by atoms with Crippen LogP contribution in [0, 0.1) is 5.92 Å². The molecular weight excluding hydrogens is 244 g/mol. The Morgan fingerprint density at radius 3 is 2.60 bits per heavy atom. The number of piperidine rings is 1. The maximum Gasteiger partial charge on any atom is 0.0363 e. The maximum atomic E-state index is 5.91. The van der Waals surface area contributed by atoms with Crippen molar-refractivity contribution in [3.05, 3.63) is 35.9 Å². The summed E-state index contributed by atoms with van der Waals surface area (Å²) in [6.07, 6.45) is 9.63. The van der Waals surface area contributed by atoms with Crippen LogP contribution >= 0.6 is 0 Å². The van der Waals surface area contributed by atoms with Gasteiger partial charge in [-0.2, -0.15) is 0 Å². The summed E-state index contributed by atoms with van der Waals surface area (Å²) in [6, 6.07) is 12.4. The third-order valence-electron chi connectivity index (χ3n) is 5.31. The van der Waals surface area contributed by atoms with Crippen LogP contribution in [0.5, 0.6) is 0 Å². The molecule has 0 amide bonds. The van der Waals surface area contributed by atoms with E-state index in [2.05, 4.69) is 35.2 Å². The molecule has 1 aromatic rings. The minimum Gasteiger partial charge on any atom is -0.330 e. The molecule has 2 nitrogen and oxygen atoms in total. The van der Waals surface area contributed by atoms with Gasteiger partial charge >= 0.3 is 0 Å². The molecule has 0 spiro atoms. The van der Waals surface area contributed by atoms with Gasteiger partial charge in [-0.1, -0.05) is 43.2 Å². The van der Waals surface area contributed by atoms with E-state index in [9.17, 15) is 0 Å². The zero-order valence-corrected chi connectivity index (χ0v) is 12.5. The van der Waals surface area contributed by atoms with E-state index in [1.165, 1.54) is 50.6 Å². The largest absolute Gasteiger partial charge is 0.330 e. The lowest BCUT2D eigenvalue weighted by atomic mass is 9.77. The van der Waals surface area contributed by atoms with E-state index in [-0.39, 0.29) is 0 Å². The molecule has 2 fully saturated rings. The zero-order valence-electron chi connectivity index (χ0n) is 12.5. The lowest BCUT2D eigenvalue weighted by molar-refractivity contribution is 0.0227. The molecule has 1 heterocycles. The minimum absolute atomic E-state index is 0.534. The van der Waals surface area contributed by atoms with Crippen molar-refractivity contribution in [2.24, 2.45) is 11.7 Å². The molecule has 1 saturated carbocycles. The van der Waals surface area contributed by atoms with Crippen molar-refractivity contribution in [1.29, 1.82) is 0 Å². The van der Waals surface area contributed by atoms with Gasteiger partial charge in [0.25, 0.3) is 0 Å². The lowest BCUT2D eigenvalue weighted by Gasteiger charge is -2.48. The second kappa shape index (κ2) is 6.73. The Balaban J connectivity index is 1.82. The summed E-state index contributed by atoms with van der Waals surface area (Å²) >= 11 is 0. The molecule has 0 aromatic heterocycles. The first-order chi connectivity index (χ1) is 9.90. The summed E-state index contributed by atoms with van der Waals surface area (Å²) in [4.78, 5) is 2.80. The maximum absolute atomic E-state index is 5.91. The highest BCUT2D eigenvalue weighted by Crippen LogP contribution is 2.40. The molecule has 1 aliphatic heterocycles. The average Bonchev–Trinajstić information content (AvgIpc) is 2.53. The van der Waals surface area contributed by atoms with Crippen LogP contribution in [0.25, 0.3) is 0 Å². The van der Waals surface area contributed by atoms with Gasteiger partial charge in [0.1, 0.15) is 0 Å². The van der Waals surface area contributed by atoms with Gasteiger partial charge in [0.05, 0.1) is 0 Å². The SMILES string of the molecule is NCCC(c1ccccc1)N1CCCC2CCCCC21. The third kappa shape index (κ3) is 2.91. The van der Waals surface area contributed by atoms with Crippen LogP contribution in [0.1, 0.15) is 56.6 Å². The van der Waals surface area contributed by atoms with Crippen LogP contribution in [-0.4, -0.2) is 24.0 Å². The topological polar surface area (TPSA) is 29.3 Å². The van der Waals surface area contributed by atoms with Gasteiger partial charge in [0, 0.05) is 12.1 Å². The first-order valence-electron chi connectivity index (χ1n) is 8.41. The molecule has 20 heavy (non-hydrogen) atoms. The molecule has 3 atom stereocenters. The van der Waals surface area contributed by atoms with Crippen molar-refractivity contribution >= 4 is 0 Å². The van der Waals surface area contributed by atoms with E-state index < -0.39 is 0 Å². The Bertz CT molecular complexity index is 401. The summed E-state index contributed by atoms with van der Waals surface area (Å²) in [5.74, 6) is 0.946. The molecule has 1 aromatic carbocycles. The molecule has 2 aliphatic rings. The van der Waals surface area contributed by atoms with Gasteiger partial charge in [-0.15, -0.1) is 0 Å². The Morgan fingerprint density at radius 1 is 1.05 bits per heavy atom. The molecule has 110 valence electrons. The number of nitrogens with zero attached hydrogens (tertiary/aromatic N) is 1. The second-order valence-corrected chi connectivity index (χ2v) is 6.50. The van der Waals surface area contributed by atoms with E-state index in [1.54, 1.807) is 0 Å². The first kappa shape index (κ1) is 14.1. The predicted octanol–water partition coefficient (Wildman–Crippen LogP) is 3.73. The first-order valence-corrected chi connectivity index (χ1v) is 8.41. The number of likely N-dealkylation sites (tertiary alicyclic amines) is 1. The molecule has 0 bridgehead atoms. The second-order valence-electron chi connectivity index (χ2n) is 6.50. The van der Waals surface area contributed by atoms with Crippen molar-refractivity contribution in [2.45, 2.75) is 57.0 Å². The Kier molecular flexibility index (Phi) is 4.74. The number of hydrogen-bond acceptors (Lipinski definition) is 2. The summed E-state index contributed by atoms with van der Waals surface area (Å²) in [6.45, 7) is 2.05. The van der Waals surface area contributed by atoms with Crippen LogP contribution in [0.2, 0.25) is 0 Å². The molecule has 2 heteroatoms. The molecule has 2 N–H and O–H groups in total. The number of hydrogen-bond donors (Lipinski definition) is 1. The number of benzene rings is 1. The van der Waals surface area contributed by atoms with Gasteiger partial charge in [-0.25, -0.2) is 0 Å². The molecule has 3 unspecified atom stereocenters. The monoisotopic (exact) mass is 272 g/mol. The smallest absolute Gasteiger partial charge is 0.0363 e. The molecule has 1 saturated heterocycles. The summed E-state index contributed by atoms with van der Waals surface area (Å²) in [5, 5.41) is 0. The predicted molar refractivity (Wildman–Crippen MR) is 84.5 cm³/mol. The molecule has 3 rings (SSSR count). The lowest BCUT2D eigenvalue weighted by Crippen LogP contribution is -2.48. The standard InChI is InChI=1S/C18H28N2/c19-13-12-18(15-7-2-1-3-8-15)20-14-6-10-16-9-4-5-11-17(16)20/h1-3,7-8,16-18H,4-6,9-14,19H2. The van der Waals surface area contributed by atoms with E-state index in [1.807, 2.05) is 0 Å². The van der Waals surface area contributed by atoms with Crippen LogP contribution < -0.4 is 5.73 Å². The van der Waals surface area contributed by atoms with Crippen molar-refractivity contribution in [3.8, 4) is 0 Å². The van der Waals surface area contributed by atoms with Crippen molar-refractivity contribution in [1.82, 2.24) is 4.90 Å². The van der Waals surface area contributed by atoms with Gasteiger partial charge in [-0.3, -0.25) is 4.90 Å². The van der Waals surface area contributed by atoms with Gasteiger partial charge in [-0.05, 0) is 56.7 Å². The molecule has 0 radical (unpaired) electrons. The molecular formula is C18H28N2. The summed E-state index contributed by atoms with van der Waals surface area (Å²) < 4.78 is 0. The van der Waals surface area contributed by atoms with E-state index in [0.717, 1.165) is 24.9 Å². The zero-order chi connectivity index (χ0) is 13.8. The van der Waals surface area contributed by atoms with Crippen LogP contribution in [0.3, 0.4) is 0 Å². The Morgan fingerprint density at radius 2 is 1.80 bits per heavy atom. The van der Waals surface area contributed by atoms with Crippen LogP contribution in [0.15, 0.2) is 30.3 Å². The summed E-state index contributed by atoms with van der Waals surface area (Å²) in [7, 11) is 0. The highest BCUT2D eigenvalue weighted by atomic mass is 15.2.